The molecule has 2 rings (SSSR count). The molecule has 5 nitrogen and oxygen atoms in total. The number of sulfonamides is 1. The molecule has 0 radical (unpaired) electrons. The molecule has 1 aliphatic heterocycles. The normalized spacial score (nSPS) is 17.5. The first-order valence-electron chi connectivity index (χ1n) is 6.26. The molecule has 0 aliphatic carbocycles. The van der Waals surface area contributed by atoms with Gasteiger partial charge in [0.2, 0.25) is 10.0 Å². The van der Waals surface area contributed by atoms with Crippen LogP contribution in [-0.2, 0) is 10.0 Å². The Morgan fingerprint density at radius 3 is 2.74 bits per heavy atom. The van der Waals surface area contributed by atoms with Gasteiger partial charge in [0.25, 0.3) is 0 Å². The van der Waals surface area contributed by atoms with Crippen molar-refractivity contribution < 1.29 is 12.8 Å². The summed E-state index contributed by atoms with van der Waals surface area (Å²) in [5.74, 6) is -0.551. The second-order valence-electron chi connectivity index (χ2n) is 4.45. The van der Waals surface area contributed by atoms with E-state index in [0.29, 0.717) is 13.1 Å². The first kappa shape index (κ1) is 14.4. The Morgan fingerprint density at radius 2 is 2.05 bits per heavy atom. The van der Waals surface area contributed by atoms with E-state index in [2.05, 4.69) is 14.9 Å². The lowest BCUT2D eigenvalue weighted by Crippen LogP contribution is -2.46. The highest BCUT2D eigenvalue weighted by molar-refractivity contribution is 7.89. The first-order valence-corrected chi connectivity index (χ1v) is 7.74. The molecular formula is C12H18FN3O2S. The van der Waals surface area contributed by atoms with E-state index in [1.54, 1.807) is 0 Å². The lowest BCUT2D eigenvalue weighted by Gasteiger charge is -2.27. The van der Waals surface area contributed by atoms with Crippen molar-refractivity contribution in [2.75, 3.05) is 39.3 Å². The SMILES string of the molecule is O=S(=O)(NCCN1CCNCC1)c1cccc(F)c1. The minimum Gasteiger partial charge on any atom is -0.314 e. The van der Waals surface area contributed by atoms with Gasteiger partial charge in [-0.1, -0.05) is 6.07 Å². The summed E-state index contributed by atoms with van der Waals surface area (Å²) >= 11 is 0. The number of nitrogens with one attached hydrogen (secondary N) is 2. The standard InChI is InChI=1S/C12H18FN3O2S/c13-11-2-1-3-12(10-11)19(17,18)15-6-9-16-7-4-14-5-8-16/h1-3,10,14-15H,4-9H2. The maximum absolute atomic E-state index is 13.0. The van der Waals surface area contributed by atoms with E-state index in [9.17, 15) is 12.8 Å². The third kappa shape index (κ3) is 4.24. The first-order chi connectivity index (χ1) is 9.08. The fourth-order valence-corrected chi connectivity index (χ4v) is 3.04. The molecule has 0 spiro atoms. The highest BCUT2D eigenvalue weighted by Crippen LogP contribution is 2.09. The minimum atomic E-state index is -3.62. The maximum Gasteiger partial charge on any atom is 0.240 e. The van der Waals surface area contributed by atoms with Gasteiger partial charge in [-0.05, 0) is 18.2 Å². The summed E-state index contributed by atoms with van der Waals surface area (Å²) in [6.07, 6.45) is 0. The Bertz CT molecular complexity index is 515. The summed E-state index contributed by atoms with van der Waals surface area (Å²) in [7, 11) is -3.62. The number of rotatable bonds is 5. The number of hydrogen-bond donors (Lipinski definition) is 2. The Labute approximate surface area is 112 Å². The van der Waals surface area contributed by atoms with Gasteiger partial charge in [0.1, 0.15) is 5.82 Å². The van der Waals surface area contributed by atoms with E-state index in [-0.39, 0.29) is 4.90 Å². The van der Waals surface area contributed by atoms with Crippen LogP contribution in [0.1, 0.15) is 0 Å². The van der Waals surface area contributed by atoms with Gasteiger partial charge in [-0.15, -0.1) is 0 Å². The summed E-state index contributed by atoms with van der Waals surface area (Å²) in [4.78, 5) is 2.15. The van der Waals surface area contributed by atoms with E-state index in [0.717, 1.165) is 32.2 Å². The predicted octanol–water partition coefficient (Wildman–Crippen LogP) is 0.00920. The lowest BCUT2D eigenvalue weighted by atomic mass is 10.3. The Morgan fingerprint density at radius 1 is 1.32 bits per heavy atom. The predicted molar refractivity (Wildman–Crippen MR) is 70.9 cm³/mol. The van der Waals surface area contributed by atoms with Crippen molar-refractivity contribution in [1.82, 2.24) is 14.9 Å². The summed E-state index contributed by atoms with van der Waals surface area (Å²) < 4.78 is 39.3. The van der Waals surface area contributed by atoms with Crippen molar-refractivity contribution in [2.45, 2.75) is 4.90 Å². The summed E-state index contributed by atoms with van der Waals surface area (Å²) in [6.45, 7) is 4.69. The van der Waals surface area contributed by atoms with Gasteiger partial charge in [0.15, 0.2) is 0 Å². The molecular weight excluding hydrogens is 269 g/mol. The fourth-order valence-electron chi connectivity index (χ4n) is 1.99. The van der Waals surface area contributed by atoms with Crippen molar-refractivity contribution in [3.05, 3.63) is 30.1 Å². The molecule has 1 aromatic carbocycles. The zero-order chi connectivity index (χ0) is 13.7. The second-order valence-corrected chi connectivity index (χ2v) is 6.21. The molecule has 0 atom stereocenters. The van der Waals surface area contributed by atoms with Crippen LogP contribution < -0.4 is 10.0 Å². The lowest BCUT2D eigenvalue weighted by molar-refractivity contribution is 0.245. The van der Waals surface area contributed by atoms with Crippen LogP contribution in [0.3, 0.4) is 0 Å². The molecule has 0 saturated carbocycles. The second kappa shape index (κ2) is 6.42. The molecule has 1 aliphatic rings. The Hall–Kier alpha value is -1.02. The summed E-state index contributed by atoms with van der Waals surface area (Å²) in [5.41, 5.74) is 0. The molecule has 0 aromatic heterocycles. The molecule has 1 fully saturated rings. The number of nitrogens with zero attached hydrogens (tertiary/aromatic N) is 1. The monoisotopic (exact) mass is 287 g/mol. The molecule has 1 heterocycles. The molecule has 106 valence electrons. The average molecular weight is 287 g/mol. The number of hydrogen-bond acceptors (Lipinski definition) is 4. The van der Waals surface area contributed by atoms with Gasteiger partial charge < -0.3 is 5.32 Å². The largest absolute Gasteiger partial charge is 0.314 e. The van der Waals surface area contributed by atoms with Crippen LogP contribution in [0.25, 0.3) is 0 Å². The van der Waals surface area contributed by atoms with Crippen molar-refractivity contribution in [3.63, 3.8) is 0 Å². The highest BCUT2D eigenvalue weighted by Gasteiger charge is 2.15. The van der Waals surface area contributed by atoms with Crippen LogP contribution in [0.5, 0.6) is 0 Å². The van der Waals surface area contributed by atoms with Gasteiger partial charge in [-0.3, -0.25) is 4.90 Å². The van der Waals surface area contributed by atoms with Crippen molar-refractivity contribution in [2.24, 2.45) is 0 Å². The van der Waals surface area contributed by atoms with Crippen molar-refractivity contribution >= 4 is 10.0 Å². The Kier molecular flexibility index (Phi) is 4.87. The molecule has 19 heavy (non-hydrogen) atoms. The van der Waals surface area contributed by atoms with Crippen LogP contribution in [0.4, 0.5) is 4.39 Å². The van der Waals surface area contributed by atoms with Crippen molar-refractivity contribution in [1.29, 1.82) is 0 Å². The van der Waals surface area contributed by atoms with Gasteiger partial charge in [-0.25, -0.2) is 17.5 Å². The quantitative estimate of drug-likeness (QED) is 0.801. The molecule has 7 heteroatoms. The molecule has 0 unspecified atom stereocenters. The van der Waals surface area contributed by atoms with E-state index in [1.165, 1.54) is 18.2 Å². The third-order valence-electron chi connectivity index (χ3n) is 3.04. The summed E-state index contributed by atoms with van der Waals surface area (Å²) in [5, 5.41) is 3.23. The molecule has 1 saturated heterocycles. The van der Waals surface area contributed by atoms with Crippen molar-refractivity contribution in [3.8, 4) is 0 Å². The number of halogens is 1. The zero-order valence-electron chi connectivity index (χ0n) is 10.6. The summed E-state index contributed by atoms with van der Waals surface area (Å²) in [6, 6.07) is 5.02. The molecule has 1 aromatic rings. The van der Waals surface area contributed by atoms with E-state index in [1.807, 2.05) is 0 Å². The van der Waals surface area contributed by atoms with Crippen LogP contribution in [0.15, 0.2) is 29.2 Å². The average Bonchev–Trinajstić information content (AvgIpc) is 2.40. The van der Waals surface area contributed by atoms with E-state index < -0.39 is 15.8 Å². The fraction of sp³-hybridized carbons (Fsp3) is 0.500. The maximum atomic E-state index is 13.0. The minimum absolute atomic E-state index is 0.0344. The van der Waals surface area contributed by atoms with E-state index >= 15 is 0 Å². The van der Waals surface area contributed by atoms with Gasteiger partial charge in [-0.2, -0.15) is 0 Å². The molecule has 2 N–H and O–H groups in total. The van der Waals surface area contributed by atoms with Crippen LogP contribution in [0, 0.1) is 5.82 Å². The third-order valence-corrected chi connectivity index (χ3v) is 4.49. The topological polar surface area (TPSA) is 61.4 Å². The number of piperazine rings is 1. The Balaban J connectivity index is 1.87. The van der Waals surface area contributed by atoms with Crippen LogP contribution in [-0.4, -0.2) is 52.6 Å². The smallest absolute Gasteiger partial charge is 0.240 e. The molecule has 0 bridgehead atoms. The van der Waals surface area contributed by atoms with Crippen LogP contribution >= 0.6 is 0 Å². The van der Waals surface area contributed by atoms with E-state index in [4.69, 9.17) is 0 Å². The number of benzene rings is 1. The molecule has 0 amide bonds. The highest BCUT2D eigenvalue weighted by atomic mass is 32.2. The zero-order valence-corrected chi connectivity index (χ0v) is 11.4. The van der Waals surface area contributed by atoms with Crippen LogP contribution in [0.2, 0.25) is 0 Å². The van der Waals surface area contributed by atoms with Gasteiger partial charge in [0.05, 0.1) is 4.90 Å². The van der Waals surface area contributed by atoms with Gasteiger partial charge >= 0.3 is 0 Å². The van der Waals surface area contributed by atoms with Gasteiger partial charge in [0, 0.05) is 39.3 Å².